The summed E-state index contributed by atoms with van der Waals surface area (Å²) in [5.41, 5.74) is 1.27. The minimum atomic E-state index is -0.575. The van der Waals surface area contributed by atoms with Crippen molar-refractivity contribution in [1.82, 2.24) is 0 Å². The smallest absolute Gasteiger partial charge is 0.256 e. The highest BCUT2D eigenvalue weighted by Crippen LogP contribution is 2.33. The second-order valence-corrected chi connectivity index (χ2v) is 7.23. The molecule has 152 valence electrons. The van der Waals surface area contributed by atoms with Crippen LogP contribution >= 0.6 is 11.8 Å². The number of nitrogens with one attached hydrogen (secondary N) is 1. The number of nitriles is 1. The van der Waals surface area contributed by atoms with Crippen molar-refractivity contribution in [2.75, 3.05) is 25.6 Å². The number of amides is 1. The maximum Gasteiger partial charge on any atom is 0.256 e. The lowest BCUT2D eigenvalue weighted by molar-refractivity contribution is 0.102. The van der Waals surface area contributed by atoms with Gasteiger partial charge < -0.3 is 14.8 Å². The van der Waals surface area contributed by atoms with Crippen molar-refractivity contribution in [2.45, 2.75) is 9.79 Å². The number of nitrogens with zero attached hydrogens (tertiary/aromatic N) is 1. The summed E-state index contributed by atoms with van der Waals surface area (Å²) < 4.78 is 24.4. The predicted molar refractivity (Wildman–Crippen MR) is 113 cm³/mol. The fraction of sp³-hybridized carbons (Fsp3) is 0.130. The number of ether oxygens (including phenoxy) is 2. The van der Waals surface area contributed by atoms with Crippen molar-refractivity contribution in [2.24, 2.45) is 0 Å². The average Bonchev–Trinajstić information content (AvgIpc) is 2.76. The predicted octanol–water partition coefficient (Wildman–Crippen LogP) is 5.13. The Hall–Kier alpha value is -3.34. The first-order valence-corrected chi connectivity index (χ1v) is 9.92. The van der Waals surface area contributed by atoms with E-state index < -0.39 is 5.82 Å². The van der Waals surface area contributed by atoms with E-state index in [1.165, 1.54) is 31.0 Å². The van der Waals surface area contributed by atoms with Gasteiger partial charge in [0.05, 0.1) is 17.7 Å². The van der Waals surface area contributed by atoms with Gasteiger partial charge in [-0.05, 0) is 36.4 Å². The quantitative estimate of drug-likeness (QED) is 0.510. The number of hydrogen-bond donors (Lipinski definition) is 1. The van der Waals surface area contributed by atoms with Crippen LogP contribution in [0.2, 0.25) is 0 Å². The van der Waals surface area contributed by atoms with Crippen molar-refractivity contribution in [1.29, 1.82) is 5.26 Å². The SMILES string of the molecule is COCCOc1ccc(NC(=O)c2ccccc2Sc2ccccc2C#N)cc1F. The molecule has 3 rings (SSSR count). The van der Waals surface area contributed by atoms with Gasteiger partial charge in [0, 0.05) is 28.7 Å². The number of rotatable bonds is 8. The summed E-state index contributed by atoms with van der Waals surface area (Å²) in [6.07, 6.45) is 0. The largest absolute Gasteiger partial charge is 0.488 e. The Morgan fingerprint density at radius 3 is 2.53 bits per heavy atom. The van der Waals surface area contributed by atoms with Gasteiger partial charge in [-0.3, -0.25) is 4.79 Å². The van der Waals surface area contributed by atoms with Crippen molar-refractivity contribution in [3.63, 3.8) is 0 Å². The number of anilines is 1. The van der Waals surface area contributed by atoms with E-state index in [0.29, 0.717) is 28.3 Å². The van der Waals surface area contributed by atoms with Gasteiger partial charge in [0.1, 0.15) is 12.7 Å². The molecule has 0 radical (unpaired) electrons. The van der Waals surface area contributed by atoms with Gasteiger partial charge in [0.15, 0.2) is 11.6 Å². The molecule has 0 atom stereocenters. The highest BCUT2D eigenvalue weighted by Gasteiger charge is 2.15. The minimum Gasteiger partial charge on any atom is -0.488 e. The van der Waals surface area contributed by atoms with Crippen molar-refractivity contribution in [3.05, 3.63) is 83.7 Å². The summed E-state index contributed by atoms with van der Waals surface area (Å²) in [5, 5.41) is 12.0. The third-order valence-corrected chi connectivity index (χ3v) is 5.25. The molecule has 5 nitrogen and oxygen atoms in total. The molecule has 0 aliphatic heterocycles. The standard InChI is InChI=1S/C23H19FN2O3S/c1-28-12-13-29-20-11-10-17(14-19(20)24)26-23(27)18-7-3-5-9-22(18)30-21-8-4-2-6-16(21)15-25/h2-11,14H,12-13H2,1H3,(H,26,27). The van der Waals surface area contributed by atoms with Gasteiger partial charge in [-0.1, -0.05) is 36.0 Å². The highest BCUT2D eigenvalue weighted by atomic mass is 32.2. The molecule has 0 aliphatic carbocycles. The van der Waals surface area contributed by atoms with Crippen LogP contribution in [-0.4, -0.2) is 26.2 Å². The Bertz CT molecular complexity index is 1080. The minimum absolute atomic E-state index is 0.0918. The molecule has 0 bridgehead atoms. The van der Waals surface area contributed by atoms with E-state index in [0.717, 1.165) is 4.90 Å². The number of benzene rings is 3. The van der Waals surface area contributed by atoms with Crippen LogP contribution in [0.5, 0.6) is 5.75 Å². The van der Waals surface area contributed by atoms with E-state index >= 15 is 0 Å². The number of hydrogen-bond acceptors (Lipinski definition) is 5. The van der Waals surface area contributed by atoms with E-state index in [2.05, 4.69) is 11.4 Å². The first kappa shape index (κ1) is 21.4. The molecule has 3 aromatic carbocycles. The molecule has 0 saturated heterocycles. The average molecular weight is 422 g/mol. The lowest BCUT2D eigenvalue weighted by atomic mass is 10.2. The Kier molecular flexibility index (Phi) is 7.44. The van der Waals surface area contributed by atoms with Crippen molar-refractivity contribution in [3.8, 4) is 11.8 Å². The van der Waals surface area contributed by atoms with Crippen LogP contribution in [0, 0.1) is 17.1 Å². The molecule has 0 fully saturated rings. The van der Waals surface area contributed by atoms with Crippen LogP contribution < -0.4 is 10.1 Å². The van der Waals surface area contributed by atoms with Gasteiger partial charge in [0.25, 0.3) is 5.91 Å². The van der Waals surface area contributed by atoms with Crippen molar-refractivity contribution >= 4 is 23.4 Å². The highest BCUT2D eigenvalue weighted by molar-refractivity contribution is 7.99. The van der Waals surface area contributed by atoms with Crippen LogP contribution in [0.1, 0.15) is 15.9 Å². The summed E-state index contributed by atoms with van der Waals surface area (Å²) in [6.45, 7) is 0.579. The third kappa shape index (κ3) is 5.38. The zero-order valence-electron chi connectivity index (χ0n) is 16.2. The fourth-order valence-electron chi connectivity index (χ4n) is 2.64. The molecule has 0 aliphatic rings. The van der Waals surface area contributed by atoms with Gasteiger partial charge in [-0.25, -0.2) is 4.39 Å². The first-order chi connectivity index (χ1) is 14.6. The molecule has 1 N–H and O–H groups in total. The molecule has 30 heavy (non-hydrogen) atoms. The number of methoxy groups -OCH3 is 1. The fourth-order valence-corrected chi connectivity index (χ4v) is 3.66. The lowest BCUT2D eigenvalue weighted by Crippen LogP contribution is -2.13. The summed E-state index contributed by atoms with van der Waals surface area (Å²) in [7, 11) is 1.54. The molecule has 0 aromatic heterocycles. The van der Waals surface area contributed by atoms with Gasteiger partial charge in [-0.2, -0.15) is 5.26 Å². The van der Waals surface area contributed by atoms with Gasteiger partial charge in [-0.15, -0.1) is 0 Å². The Balaban J connectivity index is 1.76. The molecular weight excluding hydrogens is 403 g/mol. The molecule has 0 unspecified atom stereocenters. The lowest BCUT2D eigenvalue weighted by Gasteiger charge is -2.12. The van der Waals surface area contributed by atoms with E-state index in [9.17, 15) is 14.4 Å². The summed E-state index contributed by atoms with van der Waals surface area (Å²) in [4.78, 5) is 14.3. The van der Waals surface area contributed by atoms with E-state index in [4.69, 9.17) is 9.47 Å². The summed E-state index contributed by atoms with van der Waals surface area (Å²) in [6, 6.07) is 20.6. The maximum atomic E-state index is 14.2. The second kappa shape index (κ2) is 10.4. The zero-order chi connectivity index (χ0) is 21.3. The zero-order valence-corrected chi connectivity index (χ0v) is 17.0. The van der Waals surface area contributed by atoms with Gasteiger partial charge >= 0.3 is 0 Å². The van der Waals surface area contributed by atoms with Crippen LogP contribution in [0.15, 0.2) is 76.5 Å². The third-order valence-electron chi connectivity index (χ3n) is 4.09. The van der Waals surface area contributed by atoms with Crippen LogP contribution in [0.4, 0.5) is 10.1 Å². The first-order valence-electron chi connectivity index (χ1n) is 9.11. The maximum absolute atomic E-state index is 14.2. The summed E-state index contributed by atoms with van der Waals surface area (Å²) >= 11 is 1.33. The number of carbonyl (C=O) groups excluding carboxylic acids is 1. The number of halogens is 1. The molecule has 0 saturated carbocycles. The second-order valence-electron chi connectivity index (χ2n) is 6.15. The molecular formula is C23H19FN2O3S. The van der Waals surface area contributed by atoms with Crippen molar-refractivity contribution < 1.29 is 18.7 Å². The number of carbonyl (C=O) groups is 1. The molecule has 1 amide bonds. The van der Waals surface area contributed by atoms with Crippen LogP contribution in [0.25, 0.3) is 0 Å². The van der Waals surface area contributed by atoms with Gasteiger partial charge in [0.2, 0.25) is 0 Å². The Labute approximate surface area is 178 Å². The van der Waals surface area contributed by atoms with Crippen LogP contribution in [-0.2, 0) is 4.74 Å². The van der Waals surface area contributed by atoms with E-state index in [1.54, 1.807) is 36.4 Å². The molecule has 0 spiro atoms. The Morgan fingerprint density at radius 2 is 1.80 bits per heavy atom. The molecule has 7 heteroatoms. The molecule has 3 aromatic rings. The monoisotopic (exact) mass is 422 g/mol. The van der Waals surface area contributed by atoms with E-state index in [1.807, 2.05) is 18.2 Å². The van der Waals surface area contributed by atoms with Crippen LogP contribution in [0.3, 0.4) is 0 Å². The molecule has 0 heterocycles. The Morgan fingerprint density at radius 1 is 1.07 bits per heavy atom. The van der Waals surface area contributed by atoms with E-state index in [-0.39, 0.29) is 18.3 Å². The topological polar surface area (TPSA) is 71.3 Å². The summed E-state index contributed by atoms with van der Waals surface area (Å²) in [5.74, 6) is -0.858. The normalized spacial score (nSPS) is 10.3.